The monoisotopic (exact) mass is 452 g/mol. The maximum Gasteiger partial charge on any atom is 0.243 e. The molecule has 1 aliphatic heterocycles. The van der Waals surface area contributed by atoms with Crippen LogP contribution in [-0.2, 0) is 32.7 Å². The second-order valence-electron chi connectivity index (χ2n) is 8.15. The summed E-state index contributed by atoms with van der Waals surface area (Å²) in [5.74, 6) is -0.195. The van der Waals surface area contributed by atoms with Gasteiger partial charge in [-0.2, -0.15) is 4.31 Å². The lowest BCUT2D eigenvalue weighted by atomic mass is 9.97. The fourth-order valence-corrected chi connectivity index (χ4v) is 5.59. The minimum Gasteiger partial charge on any atom is -0.380 e. The van der Waals surface area contributed by atoms with E-state index in [4.69, 9.17) is 4.74 Å². The molecule has 1 fully saturated rings. The number of fused-ring (bicyclic) bond motifs is 1. The summed E-state index contributed by atoms with van der Waals surface area (Å²) < 4.78 is 32.8. The van der Waals surface area contributed by atoms with Crippen molar-refractivity contribution in [1.82, 2.24) is 9.62 Å². The average Bonchev–Trinajstić information content (AvgIpc) is 2.83. The van der Waals surface area contributed by atoms with Gasteiger partial charge in [-0.1, -0.05) is 54.6 Å². The number of benzene rings is 3. The van der Waals surface area contributed by atoms with Crippen LogP contribution in [0.15, 0.2) is 71.6 Å². The Hall–Kier alpha value is -2.74. The number of sulfonamides is 1. The normalized spacial score (nSPS) is 15.7. The number of nitrogens with zero attached hydrogens (tertiary/aromatic N) is 1. The van der Waals surface area contributed by atoms with Crippen LogP contribution in [0, 0.1) is 5.92 Å². The van der Waals surface area contributed by atoms with Crippen molar-refractivity contribution in [1.29, 1.82) is 0 Å². The van der Waals surface area contributed by atoms with Gasteiger partial charge >= 0.3 is 0 Å². The van der Waals surface area contributed by atoms with Crippen LogP contribution in [0.3, 0.4) is 0 Å². The summed E-state index contributed by atoms with van der Waals surface area (Å²) in [5.41, 5.74) is 2.11. The SMILES string of the molecule is COCc1ccc(CNC(=O)C2CCN(S(=O)(=O)c3ccc4ccccc4c3)CC2)cc1. The van der Waals surface area contributed by atoms with Gasteiger partial charge in [0.1, 0.15) is 0 Å². The first-order valence-electron chi connectivity index (χ1n) is 10.8. The molecule has 1 saturated heterocycles. The zero-order valence-corrected chi connectivity index (χ0v) is 19.0. The molecular weight excluding hydrogens is 424 g/mol. The summed E-state index contributed by atoms with van der Waals surface area (Å²) >= 11 is 0. The lowest BCUT2D eigenvalue weighted by Crippen LogP contribution is -2.42. The van der Waals surface area contributed by atoms with Crippen LogP contribution in [0.5, 0.6) is 0 Å². The predicted molar refractivity (Wildman–Crippen MR) is 124 cm³/mol. The van der Waals surface area contributed by atoms with Gasteiger partial charge in [-0.15, -0.1) is 0 Å². The van der Waals surface area contributed by atoms with E-state index in [9.17, 15) is 13.2 Å². The molecule has 0 saturated carbocycles. The minimum absolute atomic E-state index is 0.0197. The number of nitrogens with one attached hydrogen (secondary N) is 1. The third kappa shape index (κ3) is 5.01. The van der Waals surface area contributed by atoms with E-state index in [2.05, 4.69) is 5.32 Å². The second kappa shape index (κ2) is 9.81. The number of ether oxygens (including phenoxy) is 1. The maximum atomic E-state index is 13.1. The molecule has 0 atom stereocenters. The molecule has 3 aromatic rings. The Bertz CT molecular complexity index is 1180. The summed E-state index contributed by atoms with van der Waals surface area (Å²) in [6.07, 6.45) is 1.04. The number of methoxy groups -OCH3 is 1. The van der Waals surface area contributed by atoms with Crippen LogP contribution < -0.4 is 5.32 Å². The lowest BCUT2D eigenvalue weighted by molar-refractivity contribution is -0.126. The number of hydrogen-bond donors (Lipinski definition) is 1. The molecule has 4 rings (SSSR count). The van der Waals surface area contributed by atoms with E-state index in [1.807, 2.05) is 54.6 Å². The van der Waals surface area contributed by atoms with Gasteiger partial charge in [0.05, 0.1) is 11.5 Å². The van der Waals surface area contributed by atoms with E-state index >= 15 is 0 Å². The molecule has 0 bridgehead atoms. The molecule has 0 unspecified atom stereocenters. The van der Waals surface area contributed by atoms with Gasteiger partial charge < -0.3 is 10.1 Å². The van der Waals surface area contributed by atoms with Gasteiger partial charge in [0.25, 0.3) is 0 Å². The Morgan fingerprint density at radius 3 is 2.31 bits per heavy atom. The second-order valence-corrected chi connectivity index (χ2v) is 10.1. The molecule has 3 aromatic carbocycles. The van der Waals surface area contributed by atoms with E-state index in [-0.39, 0.29) is 11.8 Å². The van der Waals surface area contributed by atoms with Crippen molar-refractivity contribution >= 4 is 26.7 Å². The first kappa shape index (κ1) is 22.5. The number of amides is 1. The van der Waals surface area contributed by atoms with Gasteiger partial charge in [-0.25, -0.2) is 8.42 Å². The van der Waals surface area contributed by atoms with Gasteiger partial charge in [0.15, 0.2) is 0 Å². The lowest BCUT2D eigenvalue weighted by Gasteiger charge is -2.30. The van der Waals surface area contributed by atoms with Crippen LogP contribution in [-0.4, -0.2) is 38.8 Å². The Kier molecular flexibility index (Phi) is 6.89. The summed E-state index contributed by atoms with van der Waals surface area (Å²) in [6.45, 7) is 1.72. The Balaban J connectivity index is 1.33. The van der Waals surface area contributed by atoms with E-state index in [1.165, 1.54) is 4.31 Å². The van der Waals surface area contributed by atoms with E-state index in [1.54, 1.807) is 19.2 Å². The fourth-order valence-electron chi connectivity index (χ4n) is 4.09. The van der Waals surface area contributed by atoms with Crippen molar-refractivity contribution in [3.8, 4) is 0 Å². The molecule has 0 radical (unpaired) electrons. The number of rotatable bonds is 7. The summed E-state index contributed by atoms with van der Waals surface area (Å²) in [5, 5.41) is 4.90. The van der Waals surface area contributed by atoms with Gasteiger partial charge in [-0.3, -0.25) is 4.79 Å². The van der Waals surface area contributed by atoms with Crippen molar-refractivity contribution in [3.63, 3.8) is 0 Å². The molecule has 0 spiro atoms. The number of carbonyl (C=O) groups is 1. The van der Waals surface area contributed by atoms with Crippen molar-refractivity contribution in [2.24, 2.45) is 5.92 Å². The highest BCUT2D eigenvalue weighted by Crippen LogP contribution is 2.26. The zero-order valence-electron chi connectivity index (χ0n) is 18.2. The number of carbonyl (C=O) groups excluding carboxylic acids is 1. The summed E-state index contributed by atoms with van der Waals surface area (Å²) in [7, 11) is -1.92. The summed E-state index contributed by atoms with van der Waals surface area (Å²) in [4.78, 5) is 12.9. The Morgan fingerprint density at radius 2 is 1.62 bits per heavy atom. The number of piperidine rings is 1. The molecule has 168 valence electrons. The standard InChI is InChI=1S/C25H28N2O4S/c1-31-18-20-8-6-19(7-9-20)17-26-25(28)22-12-14-27(15-13-22)32(29,30)24-11-10-21-4-2-3-5-23(21)16-24/h2-11,16,22H,12-15,17-18H2,1H3,(H,26,28). The van der Waals surface area contributed by atoms with Crippen LogP contribution in [0.2, 0.25) is 0 Å². The van der Waals surface area contributed by atoms with Gasteiger partial charge in [0.2, 0.25) is 15.9 Å². The van der Waals surface area contributed by atoms with Crippen LogP contribution >= 0.6 is 0 Å². The molecule has 1 N–H and O–H groups in total. The largest absolute Gasteiger partial charge is 0.380 e. The first-order valence-corrected chi connectivity index (χ1v) is 12.2. The van der Waals surface area contributed by atoms with Crippen LogP contribution in [0.1, 0.15) is 24.0 Å². The molecular formula is C25H28N2O4S. The smallest absolute Gasteiger partial charge is 0.243 e. The molecule has 32 heavy (non-hydrogen) atoms. The molecule has 1 aliphatic rings. The third-order valence-electron chi connectivity index (χ3n) is 5.98. The molecule has 0 aromatic heterocycles. The zero-order chi connectivity index (χ0) is 22.6. The fraction of sp³-hybridized carbons (Fsp3) is 0.320. The van der Waals surface area contributed by atoms with Crippen LogP contribution in [0.25, 0.3) is 10.8 Å². The highest BCUT2D eigenvalue weighted by Gasteiger charge is 2.32. The molecule has 1 amide bonds. The average molecular weight is 453 g/mol. The molecule has 6 nitrogen and oxygen atoms in total. The quantitative estimate of drug-likeness (QED) is 0.593. The predicted octanol–water partition coefficient (Wildman–Crippen LogP) is 3.70. The van der Waals surface area contributed by atoms with E-state index in [0.29, 0.717) is 44.0 Å². The molecule has 0 aliphatic carbocycles. The van der Waals surface area contributed by atoms with E-state index in [0.717, 1.165) is 21.9 Å². The Morgan fingerprint density at radius 1 is 0.969 bits per heavy atom. The first-order chi connectivity index (χ1) is 15.5. The van der Waals surface area contributed by atoms with Gasteiger partial charge in [0, 0.05) is 32.7 Å². The highest BCUT2D eigenvalue weighted by molar-refractivity contribution is 7.89. The highest BCUT2D eigenvalue weighted by atomic mass is 32.2. The Labute approximate surface area is 189 Å². The van der Waals surface area contributed by atoms with Gasteiger partial charge in [-0.05, 0) is 46.9 Å². The minimum atomic E-state index is -3.58. The number of hydrogen-bond acceptors (Lipinski definition) is 4. The van der Waals surface area contributed by atoms with E-state index < -0.39 is 10.0 Å². The molecule has 7 heteroatoms. The van der Waals surface area contributed by atoms with Crippen molar-refractivity contribution in [2.45, 2.75) is 30.9 Å². The third-order valence-corrected chi connectivity index (χ3v) is 7.88. The topological polar surface area (TPSA) is 75.7 Å². The van der Waals surface area contributed by atoms with Crippen molar-refractivity contribution in [3.05, 3.63) is 77.9 Å². The maximum absolute atomic E-state index is 13.1. The van der Waals surface area contributed by atoms with Crippen LogP contribution in [0.4, 0.5) is 0 Å². The van der Waals surface area contributed by atoms with Crippen molar-refractivity contribution in [2.75, 3.05) is 20.2 Å². The van der Waals surface area contributed by atoms with Crippen molar-refractivity contribution < 1.29 is 17.9 Å². The summed E-state index contributed by atoms with van der Waals surface area (Å²) in [6, 6.07) is 20.9. The molecule has 1 heterocycles.